The summed E-state index contributed by atoms with van der Waals surface area (Å²) in [5.41, 5.74) is 1.65. The van der Waals surface area contributed by atoms with Crippen molar-refractivity contribution in [2.45, 2.75) is 26.4 Å². The number of aromatic nitrogens is 1. The van der Waals surface area contributed by atoms with Crippen molar-refractivity contribution in [1.82, 2.24) is 9.47 Å². The van der Waals surface area contributed by atoms with Crippen LogP contribution in [0.1, 0.15) is 19.4 Å². The normalized spacial score (nSPS) is 16.5. The van der Waals surface area contributed by atoms with E-state index in [2.05, 4.69) is 0 Å². The van der Waals surface area contributed by atoms with Crippen LogP contribution in [0, 0.1) is 0 Å². The number of thioether (sulfide) groups is 1. The van der Waals surface area contributed by atoms with E-state index in [0.717, 1.165) is 28.2 Å². The third kappa shape index (κ3) is 3.19. The number of ether oxygens (including phenoxy) is 1. The van der Waals surface area contributed by atoms with Gasteiger partial charge in [-0.05, 0) is 37.8 Å². The van der Waals surface area contributed by atoms with E-state index < -0.39 is 0 Å². The largest absolute Gasteiger partial charge is 0.468 e. The van der Waals surface area contributed by atoms with Crippen LogP contribution in [0.3, 0.4) is 0 Å². The van der Waals surface area contributed by atoms with E-state index in [1.807, 2.05) is 38.1 Å². The highest BCUT2D eigenvalue weighted by molar-refractivity contribution is 8.18. The maximum Gasteiger partial charge on any atom is 0.325 e. The van der Waals surface area contributed by atoms with Gasteiger partial charge >= 0.3 is 5.97 Å². The third-order valence-electron chi connectivity index (χ3n) is 3.97. The molecule has 0 atom stereocenters. The average Bonchev–Trinajstić information content (AvgIpc) is 3.05. The Hall–Kier alpha value is -2.54. The Balaban J connectivity index is 2.04. The highest BCUT2D eigenvalue weighted by atomic mass is 32.2. The average molecular weight is 358 g/mol. The molecule has 1 aliphatic heterocycles. The van der Waals surface area contributed by atoms with Gasteiger partial charge in [0.05, 0.1) is 12.0 Å². The second-order valence-electron chi connectivity index (χ2n) is 5.95. The van der Waals surface area contributed by atoms with Gasteiger partial charge < -0.3 is 9.30 Å². The van der Waals surface area contributed by atoms with E-state index in [-0.39, 0.29) is 29.7 Å². The zero-order valence-electron chi connectivity index (χ0n) is 14.2. The smallest absolute Gasteiger partial charge is 0.325 e. The van der Waals surface area contributed by atoms with E-state index in [0.29, 0.717) is 4.91 Å². The zero-order chi connectivity index (χ0) is 18.1. The fourth-order valence-corrected chi connectivity index (χ4v) is 3.74. The van der Waals surface area contributed by atoms with Crippen molar-refractivity contribution >= 4 is 45.9 Å². The van der Waals surface area contributed by atoms with Gasteiger partial charge in [-0.1, -0.05) is 18.2 Å². The number of imide groups is 1. The van der Waals surface area contributed by atoms with Gasteiger partial charge in [0.15, 0.2) is 0 Å². The summed E-state index contributed by atoms with van der Waals surface area (Å²) < 4.78 is 6.51. The second-order valence-corrected chi connectivity index (χ2v) is 6.94. The molecule has 7 heteroatoms. The molecule has 0 N–H and O–H groups in total. The van der Waals surface area contributed by atoms with Gasteiger partial charge in [-0.3, -0.25) is 19.3 Å². The molecular formula is C18H18N2O4S. The van der Waals surface area contributed by atoms with E-state index in [1.54, 1.807) is 16.8 Å². The molecule has 0 bridgehead atoms. The van der Waals surface area contributed by atoms with Crippen molar-refractivity contribution < 1.29 is 19.1 Å². The van der Waals surface area contributed by atoms with Gasteiger partial charge in [0.1, 0.15) is 6.54 Å². The fraction of sp³-hybridized carbons (Fsp3) is 0.278. The van der Waals surface area contributed by atoms with Gasteiger partial charge in [0.2, 0.25) is 0 Å². The van der Waals surface area contributed by atoms with Crippen molar-refractivity contribution in [2.75, 3.05) is 7.11 Å². The van der Waals surface area contributed by atoms with Crippen LogP contribution < -0.4 is 0 Å². The lowest BCUT2D eigenvalue weighted by molar-refractivity contribution is -0.141. The first kappa shape index (κ1) is 17.3. The van der Waals surface area contributed by atoms with Crippen molar-refractivity contribution in [3.8, 4) is 0 Å². The second kappa shape index (κ2) is 6.76. The van der Waals surface area contributed by atoms with Gasteiger partial charge in [0, 0.05) is 28.7 Å². The SMILES string of the molecule is COC(=O)Cn1cc(/C=C2\SC(=O)N(C(C)C)C2=O)c2ccccc21. The predicted molar refractivity (Wildman–Crippen MR) is 96.9 cm³/mol. The summed E-state index contributed by atoms with van der Waals surface area (Å²) in [5.74, 6) is -0.637. The minimum atomic E-state index is -0.354. The third-order valence-corrected chi connectivity index (χ3v) is 4.86. The Bertz CT molecular complexity index is 898. The first-order valence-corrected chi connectivity index (χ1v) is 8.65. The van der Waals surface area contributed by atoms with Gasteiger partial charge in [-0.25, -0.2) is 0 Å². The molecular weight excluding hydrogens is 340 g/mol. The molecule has 6 nitrogen and oxygen atoms in total. The summed E-state index contributed by atoms with van der Waals surface area (Å²) >= 11 is 0.939. The molecule has 0 radical (unpaired) electrons. The molecule has 2 amide bonds. The minimum absolute atomic E-state index is 0.0817. The van der Waals surface area contributed by atoms with Crippen molar-refractivity contribution in [1.29, 1.82) is 0 Å². The Labute approximate surface area is 149 Å². The lowest BCUT2D eigenvalue weighted by atomic mass is 10.1. The Morgan fingerprint density at radius 2 is 2.00 bits per heavy atom. The molecule has 130 valence electrons. The van der Waals surface area contributed by atoms with Crippen LogP contribution in [0.5, 0.6) is 0 Å². The fourth-order valence-electron chi connectivity index (χ4n) is 2.79. The summed E-state index contributed by atoms with van der Waals surface area (Å²) in [7, 11) is 1.34. The number of fused-ring (bicyclic) bond motifs is 1. The van der Waals surface area contributed by atoms with Crippen molar-refractivity contribution in [3.63, 3.8) is 0 Å². The molecule has 1 fully saturated rings. The lowest BCUT2D eigenvalue weighted by Crippen LogP contribution is -2.34. The first-order chi connectivity index (χ1) is 11.9. The summed E-state index contributed by atoms with van der Waals surface area (Å²) in [4.78, 5) is 37.8. The number of benzene rings is 1. The van der Waals surface area contributed by atoms with Crippen LogP contribution >= 0.6 is 11.8 Å². The van der Waals surface area contributed by atoms with Crippen LogP contribution in [-0.2, 0) is 20.9 Å². The molecule has 0 saturated carbocycles. The van der Waals surface area contributed by atoms with Gasteiger partial charge in [-0.2, -0.15) is 0 Å². The number of para-hydroxylation sites is 1. The highest BCUT2D eigenvalue weighted by Gasteiger charge is 2.36. The standard InChI is InChI=1S/C18H18N2O4S/c1-11(2)20-17(22)15(25-18(20)23)8-12-9-19(10-16(21)24-3)14-7-5-4-6-13(12)14/h4-9,11H,10H2,1-3H3/b15-8-. The van der Waals surface area contributed by atoms with E-state index in [4.69, 9.17) is 4.74 Å². The van der Waals surface area contributed by atoms with Gasteiger partial charge in [0.25, 0.3) is 11.1 Å². The van der Waals surface area contributed by atoms with Crippen LogP contribution in [0.2, 0.25) is 0 Å². The van der Waals surface area contributed by atoms with E-state index in [1.165, 1.54) is 12.0 Å². The monoisotopic (exact) mass is 358 g/mol. The summed E-state index contributed by atoms with van der Waals surface area (Å²) in [5, 5.41) is 0.646. The highest BCUT2D eigenvalue weighted by Crippen LogP contribution is 2.35. The summed E-state index contributed by atoms with van der Waals surface area (Å²) in [6.07, 6.45) is 3.51. The number of rotatable bonds is 4. The number of nitrogens with zero attached hydrogens (tertiary/aromatic N) is 2. The molecule has 0 unspecified atom stereocenters. The Morgan fingerprint density at radius 3 is 2.64 bits per heavy atom. The molecule has 1 saturated heterocycles. The topological polar surface area (TPSA) is 68.6 Å². The van der Waals surface area contributed by atoms with Crippen LogP contribution in [0.15, 0.2) is 35.4 Å². The number of esters is 1. The summed E-state index contributed by atoms with van der Waals surface area (Å²) in [6, 6.07) is 7.41. The quantitative estimate of drug-likeness (QED) is 0.620. The number of carbonyl (C=O) groups excluding carboxylic acids is 3. The Morgan fingerprint density at radius 1 is 1.28 bits per heavy atom. The van der Waals surface area contributed by atoms with Crippen LogP contribution in [-0.4, -0.2) is 39.7 Å². The number of hydrogen-bond donors (Lipinski definition) is 0. The number of hydrogen-bond acceptors (Lipinski definition) is 5. The maximum atomic E-state index is 12.5. The maximum absolute atomic E-state index is 12.5. The minimum Gasteiger partial charge on any atom is -0.468 e. The van der Waals surface area contributed by atoms with Crippen LogP contribution in [0.4, 0.5) is 4.79 Å². The number of methoxy groups -OCH3 is 1. The Kier molecular flexibility index (Phi) is 4.67. The van der Waals surface area contributed by atoms with Crippen molar-refractivity contribution in [2.24, 2.45) is 0 Å². The van der Waals surface area contributed by atoms with E-state index >= 15 is 0 Å². The molecule has 0 spiro atoms. The van der Waals surface area contributed by atoms with Crippen LogP contribution in [0.25, 0.3) is 17.0 Å². The molecule has 1 aliphatic rings. The van der Waals surface area contributed by atoms with Crippen molar-refractivity contribution in [3.05, 3.63) is 40.9 Å². The first-order valence-electron chi connectivity index (χ1n) is 7.84. The zero-order valence-corrected chi connectivity index (χ0v) is 15.0. The molecule has 2 aromatic rings. The lowest BCUT2D eigenvalue weighted by Gasteiger charge is -2.16. The number of carbonyl (C=O) groups is 3. The molecule has 0 aliphatic carbocycles. The van der Waals surface area contributed by atoms with E-state index in [9.17, 15) is 14.4 Å². The molecule has 1 aromatic heterocycles. The summed E-state index contributed by atoms with van der Waals surface area (Å²) in [6.45, 7) is 3.70. The number of amides is 2. The molecule has 1 aromatic carbocycles. The van der Waals surface area contributed by atoms with Gasteiger partial charge in [-0.15, -0.1) is 0 Å². The molecule has 2 heterocycles. The molecule has 25 heavy (non-hydrogen) atoms. The molecule has 3 rings (SSSR count). The predicted octanol–water partition coefficient (Wildman–Crippen LogP) is 3.26.